The minimum atomic E-state index is -0.264. The molecule has 0 unspecified atom stereocenters. The molecule has 1 aromatic heterocycles. The van der Waals surface area contributed by atoms with E-state index >= 15 is 0 Å². The molecule has 2 N–H and O–H groups in total. The van der Waals surface area contributed by atoms with Crippen molar-refractivity contribution in [2.75, 3.05) is 32.5 Å². The number of rotatable bonds is 5. The third-order valence-electron chi connectivity index (χ3n) is 2.24. The Bertz CT molecular complexity index is 408. The highest BCUT2D eigenvalue weighted by Gasteiger charge is 2.15. The fraction of sp³-hybridized carbons (Fsp3) is 0.615. The van der Waals surface area contributed by atoms with Gasteiger partial charge < -0.3 is 15.5 Å². The van der Waals surface area contributed by atoms with Gasteiger partial charge in [-0.15, -0.1) is 0 Å². The SMILES string of the molecule is CN(C)CCNc1ncc(C(=O)NC(C)(C)C)cn1. The summed E-state index contributed by atoms with van der Waals surface area (Å²) in [7, 11) is 4.00. The van der Waals surface area contributed by atoms with Crippen LogP contribution in [0.25, 0.3) is 0 Å². The molecule has 0 aromatic carbocycles. The van der Waals surface area contributed by atoms with E-state index in [9.17, 15) is 4.79 Å². The van der Waals surface area contributed by atoms with Crippen LogP contribution in [-0.2, 0) is 0 Å². The Balaban J connectivity index is 2.54. The van der Waals surface area contributed by atoms with E-state index in [0.717, 1.165) is 13.1 Å². The monoisotopic (exact) mass is 265 g/mol. The Morgan fingerprint density at radius 2 is 1.84 bits per heavy atom. The van der Waals surface area contributed by atoms with Crippen LogP contribution >= 0.6 is 0 Å². The average molecular weight is 265 g/mol. The van der Waals surface area contributed by atoms with Gasteiger partial charge in [0.15, 0.2) is 0 Å². The standard InChI is InChI=1S/C13H23N5O/c1-13(2,3)17-11(19)10-8-15-12(16-9-10)14-6-7-18(4)5/h8-9H,6-7H2,1-5H3,(H,17,19)(H,14,15,16). The van der Waals surface area contributed by atoms with E-state index in [1.165, 1.54) is 12.4 Å². The van der Waals surface area contributed by atoms with E-state index < -0.39 is 0 Å². The fourth-order valence-electron chi connectivity index (χ4n) is 1.34. The highest BCUT2D eigenvalue weighted by Crippen LogP contribution is 2.04. The molecule has 0 bridgehead atoms. The van der Waals surface area contributed by atoms with E-state index in [-0.39, 0.29) is 11.4 Å². The molecule has 6 heteroatoms. The summed E-state index contributed by atoms with van der Waals surface area (Å²) in [4.78, 5) is 22.2. The molecule has 0 atom stereocenters. The molecule has 0 saturated heterocycles. The number of hydrogen-bond donors (Lipinski definition) is 2. The van der Waals surface area contributed by atoms with Gasteiger partial charge in [-0.1, -0.05) is 0 Å². The predicted octanol–water partition coefficient (Wildman–Crippen LogP) is 0.978. The molecule has 1 heterocycles. The molecule has 1 rings (SSSR count). The van der Waals surface area contributed by atoms with Gasteiger partial charge in [0.1, 0.15) is 0 Å². The number of hydrogen-bond acceptors (Lipinski definition) is 5. The molecule has 0 fully saturated rings. The molecule has 106 valence electrons. The number of amides is 1. The van der Waals surface area contributed by atoms with Crippen LogP contribution in [0.2, 0.25) is 0 Å². The third kappa shape index (κ3) is 6.15. The van der Waals surface area contributed by atoms with Crippen LogP contribution in [0.5, 0.6) is 0 Å². The first-order valence-electron chi connectivity index (χ1n) is 6.31. The lowest BCUT2D eigenvalue weighted by Gasteiger charge is -2.20. The molecular formula is C13H23N5O. The summed E-state index contributed by atoms with van der Waals surface area (Å²) >= 11 is 0. The minimum Gasteiger partial charge on any atom is -0.353 e. The van der Waals surface area contributed by atoms with Gasteiger partial charge in [-0.05, 0) is 34.9 Å². The van der Waals surface area contributed by atoms with Crippen molar-refractivity contribution in [2.45, 2.75) is 26.3 Å². The number of likely N-dealkylation sites (N-methyl/N-ethyl adjacent to an activating group) is 1. The molecule has 19 heavy (non-hydrogen) atoms. The molecule has 0 aliphatic carbocycles. The highest BCUT2D eigenvalue weighted by molar-refractivity contribution is 5.94. The first kappa shape index (κ1) is 15.4. The number of nitrogens with zero attached hydrogens (tertiary/aromatic N) is 3. The van der Waals surface area contributed by atoms with Crippen LogP contribution in [0, 0.1) is 0 Å². The third-order valence-corrected chi connectivity index (χ3v) is 2.24. The minimum absolute atomic E-state index is 0.160. The molecule has 0 aliphatic heterocycles. The van der Waals surface area contributed by atoms with Crippen LogP contribution in [0.15, 0.2) is 12.4 Å². The van der Waals surface area contributed by atoms with E-state index in [2.05, 4.69) is 25.5 Å². The van der Waals surface area contributed by atoms with Crippen molar-refractivity contribution in [1.29, 1.82) is 0 Å². The van der Waals surface area contributed by atoms with Gasteiger partial charge in [0.2, 0.25) is 5.95 Å². The second-order valence-electron chi connectivity index (χ2n) is 5.73. The summed E-state index contributed by atoms with van der Waals surface area (Å²) in [6, 6.07) is 0. The molecule has 6 nitrogen and oxygen atoms in total. The number of nitrogens with one attached hydrogen (secondary N) is 2. The smallest absolute Gasteiger partial charge is 0.254 e. The summed E-state index contributed by atoms with van der Waals surface area (Å²) in [5.74, 6) is 0.376. The molecule has 0 aliphatic rings. The molecule has 1 amide bonds. The quantitative estimate of drug-likeness (QED) is 0.830. The molecule has 0 spiro atoms. The summed E-state index contributed by atoms with van der Waals surface area (Å²) in [6.45, 7) is 7.46. The van der Waals surface area contributed by atoms with E-state index in [1.807, 2.05) is 34.9 Å². The molecule has 1 aromatic rings. The summed E-state index contributed by atoms with van der Waals surface area (Å²) in [5.41, 5.74) is 0.202. The van der Waals surface area contributed by atoms with Gasteiger partial charge in [-0.2, -0.15) is 0 Å². The van der Waals surface area contributed by atoms with Crippen molar-refractivity contribution in [3.05, 3.63) is 18.0 Å². The maximum Gasteiger partial charge on any atom is 0.254 e. The molecule has 0 radical (unpaired) electrons. The average Bonchev–Trinajstić information content (AvgIpc) is 2.27. The molecule has 0 saturated carbocycles. The van der Waals surface area contributed by atoms with Crippen molar-refractivity contribution in [3.63, 3.8) is 0 Å². The van der Waals surface area contributed by atoms with E-state index in [1.54, 1.807) is 0 Å². The number of carbonyl (C=O) groups is 1. The van der Waals surface area contributed by atoms with Crippen LogP contribution in [0.1, 0.15) is 31.1 Å². The van der Waals surface area contributed by atoms with Crippen molar-refractivity contribution in [3.8, 4) is 0 Å². The maximum absolute atomic E-state index is 11.9. The number of anilines is 1. The summed E-state index contributed by atoms with van der Waals surface area (Å²) in [5, 5.41) is 5.96. The predicted molar refractivity (Wildman–Crippen MR) is 76.3 cm³/mol. The normalized spacial score (nSPS) is 11.5. The Kier molecular flexibility index (Phi) is 5.23. The lowest BCUT2D eigenvalue weighted by molar-refractivity contribution is 0.0919. The first-order valence-corrected chi connectivity index (χ1v) is 6.31. The first-order chi connectivity index (χ1) is 8.78. The van der Waals surface area contributed by atoms with Crippen molar-refractivity contribution >= 4 is 11.9 Å². The highest BCUT2D eigenvalue weighted by atomic mass is 16.1. The van der Waals surface area contributed by atoms with Gasteiger partial charge in [0.25, 0.3) is 5.91 Å². The van der Waals surface area contributed by atoms with Gasteiger partial charge >= 0.3 is 0 Å². The zero-order valence-electron chi connectivity index (χ0n) is 12.3. The second-order valence-corrected chi connectivity index (χ2v) is 5.73. The maximum atomic E-state index is 11.9. The van der Waals surface area contributed by atoms with Crippen molar-refractivity contribution < 1.29 is 4.79 Å². The second kappa shape index (κ2) is 6.47. The van der Waals surface area contributed by atoms with Crippen molar-refractivity contribution in [1.82, 2.24) is 20.2 Å². The zero-order valence-corrected chi connectivity index (χ0v) is 12.3. The number of aromatic nitrogens is 2. The molecular weight excluding hydrogens is 242 g/mol. The Hall–Kier alpha value is -1.69. The van der Waals surface area contributed by atoms with E-state index in [0.29, 0.717) is 11.5 Å². The van der Waals surface area contributed by atoms with Crippen LogP contribution in [0.4, 0.5) is 5.95 Å². The number of carbonyl (C=O) groups excluding carboxylic acids is 1. The van der Waals surface area contributed by atoms with Crippen molar-refractivity contribution in [2.24, 2.45) is 0 Å². The summed E-state index contributed by atoms with van der Waals surface area (Å²) in [6.07, 6.45) is 3.07. The van der Waals surface area contributed by atoms with Gasteiger partial charge in [0, 0.05) is 31.0 Å². The Labute approximate surface area is 114 Å². The lowest BCUT2D eigenvalue weighted by atomic mass is 10.1. The van der Waals surface area contributed by atoms with Crippen LogP contribution in [0.3, 0.4) is 0 Å². The topological polar surface area (TPSA) is 70.2 Å². The van der Waals surface area contributed by atoms with Gasteiger partial charge in [0.05, 0.1) is 5.56 Å². The largest absolute Gasteiger partial charge is 0.353 e. The fourth-order valence-corrected chi connectivity index (χ4v) is 1.34. The zero-order chi connectivity index (χ0) is 14.5. The van der Waals surface area contributed by atoms with Gasteiger partial charge in [-0.25, -0.2) is 9.97 Å². The Morgan fingerprint density at radius 1 is 1.26 bits per heavy atom. The van der Waals surface area contributed by atoms with Crippen LogP contribution < -0.4 is 10.6 Å². The summed E-state index contributed by atoms with van der Waals surface area (Å²) < 4.78 is 0. The Morgan fingerprint density at radius 3 is 2.32 bits per heavy atom. The van der Waals surface area contributed by atoms with Gasteiger partial charge in [-0.3, -0.25) is 4.79 Å². The lowest BCUT2D eigenvalue weighted by Crippen LogP contribution is -2.40. The van der Waals surface area contributed by atoms with E-state index in [4.69, 9.17) is 0 Å². The van der Waals surface area contributed by atoms with Crippen LogP contribution in [-0.4, -0.2) is 53.5 Å².